The summed E-state index contributed by atoms with van der Waals surface area (Å²) >= 11 is 0. The van der Waals surface area contributed by atoms with Crippen molar-refractivity contribution >= 4 is 17.3 Å². The van der Waals surface area contributed by atoms with Crippen LogP contribution in [0.5, 0.6) is 11.5 Å². The summed E-state index contributed by atoms with van der Waals surface area (Å²) in [6.45, 7) is 2.61. The van der Waals surface area contributed by atoms with Crippen LogP contribution in [0.1, 0.15) is 5.56 Å². The van der Waals surface area contributed by atoms with Gasteiger partial charge in [-0.05, 0) is 35.9 Å². The van der Waals surface area contributed by atoms with E-state index in [0.717, 1.165) is 11.3 Å². The number of ether oxygens (including phenoxy) is 3. The Morgan fingerprint density at radius 3 is 2.56 bits per heavy atom. The fourth-order valence-corrected chi connectivity index (χ4v) is 3.06. The van der Waals surface area contributed by atoms with Crippen molar-refractivity contribution in [1.82, 2.24) is 0 Å². The average molecular weight is 374 g/mol. The Balaban J connectivity index is 1.75. The monoisotopic (exact) mass is 374 g/mol. The molecule has 2 aromatic carbocycles. The lowest BCUT2D eigenvalue weighted by molar-refractivity contribution is -0.115. The Bertz CT molecular complexity index is 807. The van der Waals surface area contributed by atoms with Gasteiger partial charge in [0.15, 0.2) is 11.5 Å². The quantitative estimate of drug-likeness (QED) is 0.843. The fourth-order valence-electron chi connectivity index (χ4n) is 3.06. The van der Waals surface area contributed by atoms with Crippen LogP contribution < -0.4 is 19.7 Å². The first kappa shape index (κ1) is 19.0. The zero-order valence-corrected chi connectivity index (χ0v) is 15.5. The number of benzene rings is 2. The smallest absolute Gasteiger partial charge is 0.228 e. The lowest BCUT2D eigenvalue weighted by atomic mass is 10.1. The molecular formula is C20H23FN2O4. The fraction of sp³-hybridized carbons (Fsp3) is 0.350. The maximum absolute atomic E-state index is 13.7. The minimum absolute atomic E-state index is 0.138. The van der Waals surface area contributed by atoms with Gasteiger partial charge in [0.05, 0.1) is 45.2 Å². The molecule has 3 rings (SSSR count). The molecule has 6 nitrogen and oxygen atoms in total. The summed E-state index contributed by atoms with van der Waals surface area (Å²) in [6, 6.07) is 9.74. The van der Waals surface area contributed by atoms with E-state index in [2.05, 4.69) is 10.2 Å². The van der Waals surface area contributed by atoms with Gasteiger partial charge in [-0.3, -0.25) is 4.79 Å². The predicted molar refractivity (Wildman–Crippen MR) is 101 cm³/mol. The minimum atomic E-state index is -0.395. The second-order valence-electron chi connectivity index (χ2n) is 6.18. The number of carbonyl (C=O) groups excluding carboxylic acids is 1. The van der Waals surface area contributed by atoms with Gasteiger partial charge >= 0.3 is 0 Å². The molecule has 1 saturated heterocycles. The normalized spacial score (nSPS) is 14.0. The summed E-state index contributed by atoms with van der Waals surface area (Å²) in [4.78, 5) is 14.6. The van der Waals surface area contributed by atoms with Crippen LogP contribution in [0.2, 0.25) is 0 Å². The number of methoxy groups -OCH3 is 2. The van der Waals surface area contributed by atoms with E-state index >= 15 is 0 Å². The van der Waals surface area contributed by atoms with Gasteiger partial charge in [0.1, 0.15) is 5.82 Å². The van der Waals surface area contributed by atoms with Gasteiger partial charge < -0.3 is 24.4 Å². The van der Waals surface area contributed by atoms with Crippen LogP contribution in [0.15, 0.2) is 36.4 Å². The highest BCUT2D eigenvalue weighted by Gasteiger charge is 2.17. The van der Waals surface area contributed by atoms with E-state index in [-0.39, 0.29) is 12.3 Å². The Morgan fingerprint density at radius 1 is 1.11 bits per heavy atom. The topological polar surface area (TPSA) is 60.0 Å². The molecule has 7 heteroatoms. The minimum Gasteiger partial charge on any atom is -0.493 e. The van der Waals surface area contributed by atoms with E-state index in [1.54, 1.807) is 38.5 Å². The number of nitrogens with zero attached hydrogens (tertiary/aromatic N) is 1. The third-order valence-electron chi connectivity index (χ3n) is 4.40. The first-order valence-electron chi connectivity index (χ1n) is 8.73. The van der Waals surface area contributed by atoms with E-state index in [1.165, 1.54) is 12.1 Å². The number of nitrogens with one attached hydrogen (secondary N) is 1. The van der Waals surface area contributed by atoms with Gasteiger partial charge in [-0.25, -0.2) is 4.39 Å². The van der Waals surface area contributed by atoms with Crippen molar-refractivity contribution < 1.29 is 23.4 Å². The van der Waals surface area contributed by atoms with E-state index in [0.29, 0.717) is 43.5 Å². The van der Waals surface area contributed by atoms with Crippen molar-refractivity contribution in [2.24, 2.45) is 0 Å². The summed E-state index contributed by atoms with van der Waals surface area (Å²) in [5.41, 5.74) is 2.03. The van der Waals surface area contributed by atoms with Crippen LogP contribution in [0.4, 0.5) is 15.8 Å². The standard InChI is InChI=1S/C20H23FN2O4/c1-25-18-6-3-14(11-19(18)26-2)12-20(24)22-16-13-15(21)4-5-17(16)23-7-9-27-10-8-23/h3-6,11,13H,7-10,12H2,1-2H3,(H,22,24). The highest BCUT2D eigenvalue weighted by atomic mass is 19.1. The van der Waals surface area contributed by atoms with Gasteiger partial charge in [-0.15, -0.1) is 0 Å². The van der Waals surface area contributed by atoms with Crippen LogP contribution >= 0.6 is 0 Å². The number of halogens is 1. The average Bonchev–Trinajstić information content (AvgIpc) is 2.68. The molecule has 1 amide bonds. The Morgan fingerprint density at radius 2 is 1.85 bits per heavy atom. The number of hydrogen-bond acceptors (Lipinski definition) is 5. The van der Waals surface area contributed by atoms with Gasteiger partial charge in [0.2, 0.25) is 5.91 Å². The summed E-state index contributed by atoms with van der Waals surface area (Å²) in [5, 5.41) is 2.83. The molecule has 0 atom stereocenters. The molecule has 0 aromatic heterocycles. The van der Waals surface area contributed by atoms with Gasteiger partial charge in [0, 0.05) is 13.1 Å². The van der Waals surface area contributed by atoms with Crippen LogP contribution in [0, 0.1) is 5.82 Å². The van der Waals surface area contributed by atoms with Crippen LogP contribution in [0.3, 0.4) is 0 Å². The molecule has 2 aromatic rings. The van der Waals surface area contributed by atoms with E-state index in [1.807, 2.05) is 0 Å². The summed E-state index contributed by atoms with van der Waals surface area (Å²) in [5.74, 6) is 0.528. The molecule has 0 radical (unpaired) electrons. The number of rotatable bonds is 6. The van der Waals surface area contributed by atoms with Crippen molar-refractivity contribution in [3.05, 3.63) is 47.8 Å². The highest BCUT2D eigenvalue weighted by molar-refractivity contribution is 5.95. The molecule has 0 spiro atoms. The van der Waals surface area contributed by atoms with Gasteiger partial charge in [-0.1, -0.05) is 6.07 Å². The third kappa shape index (κ3) is 4.68. The molecule has 0 unspecified atom stereocenters. The Kier molecular flexibility index (Phi) is 6.13. The summed E-state index contributed by atoms with van der Waals surface area (Å²) in [6.07, 6.45) is 0.138. The Hall–Kier alpha value is -2.80. The molecule has 1 N–H and O–H groups in total. The number of carbonyl (C=O) groups is 1. The molecule has 144 valence electrons. The summed E-state index contributed by atoms with van der Waals surface area (Å²) < 4.78 is 29.6. The molecule has 27 heavy (non-hydrogen) atoms. The SMILES string of the molecule is COc1ccc(CC(=O)Nc2cc(F)ccc2N2CCOCC2)cc1OC. The number of anilines is 2. The Labute approximate surface area is 157 Å². The first-order chi connectivity index (χ1) is 13.1. The van der Waals surface area contributed by atoms with Gasteiger partial charge in [0.25, 0.3) is 0 Å². The number of amides is 1. The van der Waals surface area contributed by atoms with Crippen LogP contribution in [-0.2, 0) is 16.0 Å². The number of morpholine rings is 1. The molecule has 1 aliphatic rings. The van der Waals surface area contributed by atoms with E-state index < -0.39 is 5.82 Å². The lowest BCUT2D eigenvalue weighted by Crippen LogP contribution is -2.36. The maximum Gasteiger partial charge on any atom is 0.228 e. The van der Waals surface area contributed by atoms with E-state index in [4.69, 9.17) is 14.2 Å². The predicted octanol–water partition coefficient (Wildman–Crippen LogP) is 2.86. The van der Waals surface area contributed by atoms with Crippen molar-refractivity contribution in [1.29, 1.82) is 0 Å². The second-order valence-corrected chi connectivity index (χ2v) is 6.18. The van der Waals surface area contributed by atoms with Crippen molar-refractivity contribution in [3.8, 4) is 11.5 Å². The molecule has 1 heterocycles. The molecule has 1 fully saturated rings. The van der Waals surface area contributed by atoms with Crippen LogP contribution in [0.25, 0.3) is 0 Å². The largest absolute Gasteiger partial charge is 0.493 e. The molecule has 1 aliphatic heterocycles. The second kappa shape index (κ2) is 8.73. The number of hydrogen-bond donors (Lipinski definition) is 1. The highest BCUT2D eigenvalue weighted by Crippen LogP contribution is 2.29. The molecule has 0 bridgehead atoms. The van der Waals surface area contributed by atoms with Gasteiger partial charge in [-0.2, -0.15) is 0 Å². The molecular weight excluding hydrogens is 351 g/mol. The maximum atomic E-state index is 13.7. The van der Waals surface area contributed by atoms with Crippen molar-refractivity contribution in [2.75, 3.05) is 50.7 Å². The zero-order chi connectivity index (χ0) is 19.2. The zero-order valence-electron chi connectivity index (χ0n) is 15.5. The molecule has 0 aliphatic carbocycles. The lowest BCUT2D eigenvalue weighted by Gasteiger charge is -2.30. The van der Waals surface area contributed by atoms with Crippen molar-refractivity contribution in [3.63, 3.8) is 0 Å². The molecule has 0 saturated carbocycles. The third-order valence-corrected chi connectivity index (χ3v) is 4.40. The van der Waals surface area contributed by atoms with Crippen LogP contribution in [-0.4, -0.2) is 46.4 Å². The van der Waals surface area contributed by atoms with Crippen molar-refractivity contribution in [2.45, 2.75) is 6.42 Å². The van der Waals surface area contributed by atoms with E-state index in [9.17, 15) is 9.18 Å². The first-order valence-corrected chi connectivity index (χ1v) is 8.73. The summed E-state index contributed by atoms with van der Waals surface area (Å²) in [7, 11) is 3.10.